The van der Waals surface area contributed by atoms with E-state index in [4.69, 9.17) is 23.2 Å². The molecule has 0 bridgehead atoms. The quantitative estimate of drug-likeness (QED) is 0.857. The molecule has 1 aliphatic heterocycles. The van der Waals surface area contributed by atoms with E-state index in [-0.39, 0.29) is 11.9 Å². The van der Waals surface area contributed by atoms with Gasteiger partial charge in [0.15, 0.2) is 0 Å². The van der Waals surface area contributed by atoms with Gasteiger partial charge in [0.05, 0.1) is 28.5 Å². The molecule has 1 atom stereocenters. The molecule has 0 aliphatic carbocycles. The highest BCUT2D eigenvalue weighted by atomic mass is 35.5. The molecule has 7 heteroatoms. The summed E-state index contributed by atoms with van der Waals surface area (Å²) in [7, 11) is 0. The van der Waals surface area contributed by atoms with Crippen molar-refractivity contribution >= 4 is 29.1 Å². The zero-order valence-electron chi connectivity index (χ0n) is 10.5. The predicted octanol–water partition coefficient (Wildman–Crippen LogP) is 2.67. The van der Waals surface area contributed by atoms with Crippen LogP contribution < -0.4 is 0 Å². The number of hydrogen-bond acceptors (Lipinski definition) is 3. The lowest BCUT2D eigenvalue weighted by Crippen LogP contribution is -2.29. The second-order valence-corrected chi connectivity index (χ2v) is 5.49. The Balaban J connectivity index is 1.74. The fourth-order valence-corrected chi connectivity index (χ4v) is 2.64. The van der Waals surface area contributed by atoms with Gasteiger partial charge in [-0.2, -0.15) is 15.0 Å². The van der Waals surface area contributed by atoms with Crippen LogP contribution in [0.1, 0.15) is 22.8 Å². The van der Waals surface area contributed by atoms with Crippen molar-refractivity contribution in [2.45, 2.75) is 12.5 Å². The molecule has 5 nitrogen and oxygen atoms in total. The van der Waals surface area contributed by atoms with Crippen molar-refractivity contribution in [2.24, 2.45) is 0 Å². The summed E-state index contributed by atoms with van der Waals surface area (Å²) in [5, 5.41) is 9.08. The number of amides is 1. The van der Waals surface area contributed by atoms with Crippen molar-refractivity contribution < 1.29 is 4.79 Å². The number of hydrogen-bond donors (Lipinski definition) is 0. The third-order valence-electron chi connectivity index (χ3n) is 3.38. The topological polar surface area (TPSA) is 51.0 Å². The van der Waals surface area contributed by atoms with Crippen LogP contribution in [0.2, 0.25) is 10.0 Å². The Hall–Kier alpha value is -1.59. The monoisotopic (exact) mass is 310 g/mol. The maximum Gasteiger partial charge on any atom is 0.253 e. The van der Waals surface area contributed by atoms with Gasteiger partial charge in [0.1, 0.15) is 0 Å². The number of carbonyl (C=O) groups excluding carboxylic acids is 1. The van der Waals surface area contributed by atoms with Crippen LogP contribution in [0.15, 0.2) is 30.6 Å². The number of carbonyl (C=O) groups is 1. The number of aromatic nitrogens is 3. The third kappa shape index (κ3) is 2.51. The van der Waals surface area contributed by atoms with Crippen molar-refractivity contribution in [3.05, 3.63) is 46.2 Å². The second kappa shape index (κ2) is 5.42. The van der Waals surface area contributed by atoms with Crippen molar-refractivity contribution in [2.75, 3.05) is 13.1 Å². The first-order valence-electron chi connectivity index (χ1n) is 6.25. The highest BCUT2D eigenvalue weighted by Gasteiger charge is 2.29. The minimum atomic E-state index is -0.0433. The number of halogens is 2. The SMILES string of the molecule is O=C(c1ccc(Cl)c(Cl)c1)N1CCC(n2nccn2)C1. The molecule has 0 saturated carbocycles. The van der Waals surface area contributed by atoms with E-state index in [1.807, 2.05) is 0 Å². The van der Waals surface area contributed by atoms with Crippen LogP contribution in [0.4, 0.5) is 0 Å². The fraction of sp³-hybridized carbons (Fsp3) is 0.308. The van der Waals surface area contributed by atoms with Gasteiger partial charge >= 0.3 is 0 Å². The van der Waals surface area contributed by atoms with Gasteiger partial charge < -0.3 is 4.90 Å². The van der Waals surface area contributed by atoms with Crippen molar-refractivity contribution in [1.29, 1.82) is 0 Å². The smallest absolute Gasteiger partial charge is 0.253 e. The maximum absolute atomic E-state index is 12.4. The molecule has 1 aromatic heterocycles. The van der Waals surface area contributed by atoms with E-state index in [0.717, 1.165) is 6.42 Å². The number of rotatable bonds is 2. The van der Waals surface area contributed by atoms with E-state index in [2.05, 4.69) is 10.2 Å². The van der Waals surface area contributed by atoms with Gasteiger partial charge in [-0.1, -0.05) is 23.2 Å². The van der Waals surface area contributed by atoms with Crippen LogP contribution in [0.25, 0.3) is 0 Å². The van der Waals surface area contributed by atoms with E-state index < -0.39 is 0 Å². The Labute approximate surface area is 126 Å². The average Bonchev–Trinajstić information content (AvgIpc) is 3.11. The normalized spacial score (nSPS) is 18.5. The molecule has 1 aliphatic rings. The van der Waals surface area contributed by atoms with Crippen molar-refractivity contribution in [3.8, 4) is 0 Å². The first kappa shape index (κ1) is 13.4. The molecule has 3 rings (SSSR count). The lowest BCUT2D eigenvalue weighted by Gasteiger charge is -2.16. The minimum absolute atomic E-state index is 0.0433. The van der Waals surface area contributed by atoms with Crippen LogP contribution in [0.5, 0.6) is 0 Å². The van der Waals surface area contributed by atoms with Gasteiger partial charge in [0, 0.05) is 18.7 Å². The molecule has 1 fully saturated rings. The summed E-state index contributed by atoms with van der Waals surface area (Å²) < 4.78 is 0. The average molecular weight is 311 g/mol. The zero-order valence-corrected chi connectivity index (χ0v) is 12.1. The number of nitrogens with zero attached hydrogens (tertiary/aromatic N) is 4. The van der Waals surface area contributed by atoms with E-state index >= 15 is 0 Å². The molecule has 0 spiro atoms. The molecule has 1 aromatic carbocycles. The Bertz CT molecular complexity index is 629. The van der Waals surface area contributed by atoms with Gasteiger partial charge in [0.2, 0.25) is 0 Å². The van der Waals surface area contributed by atoms with E-state index in [9.17, 15) is 4.79 Å². The van der Waals surface area contributed by atoms with Crippen molar-refractivity contribution in [1.82, 2.24) is 19.9 Å². The van der Waals surface area contributed by atoms with Gasteiger partial charge in [-0.05, 0) is 24.6 Å². The summed E-state index contributed by atoms with van der Waals surface area (Å²) in [6, 6.07) is 5.07. The maximum atomic E-state index is 12.4. The first-order valence-corrected chi connectivity index (χ1v) is 7.01. The fourth-order valence-electron chi connectivity index (χ4n) is 2.34. The van der Waals surface area contributed by atoms with E-state index in [0.29, 0.717) is 28.7 Å². The zero-order chi connectivity index (χ0) is 14.1. The Kier molecular flexibility index (Phi) is 3.63. The van der Waals surface area contributed by atoms with E-state index in [1.165, 1.54) is 0 Å². The first-order chi connectivity index (χ1) is 9.65. The number of likely N-dealkylation sites (tertiary alicyclic amines) is 1. The Morgan fingerprint density at radius 1 is 1.20 bits per heavy atom. The molecule has 1 saturated heterocycles. The van der Waals surface area contributed by atoms with Gasteiger partial charge in [-0.3, -0.25) is 4.79 Å². The highest BCUT2D eigenvalue weighted by molar-refractivity contribution is 6.42. The Morgan fingerprint density at radius 3 is 2.65 bits per heavy atom. The minimum Gasteiger partial charge on any atom is -0.336 e. The number of benzene rings is 1. The van der Waals surface area contributed by atoms with Gasteiger partial charge in [0.25, 0.3) is 5.91 Å². The van der Waals surface area contributed by atoms with Crippen LogP contribution in [-0.2, 0) is 0 Å². The molecule has 104 valence electrons. The molecular formula is C13H12Cl2N4O. The van der Waals surface area contributed by atoms with Gasteiger partial charge in [-0.15, -0.1) is 0 Å². The lowest BCUT2D eigenvalue weighted by molar-refractivity contribution is 0.0786. The highest BCUT2D eigenvalue weighted by Crippen LogP contribution is 2.26. The largest absolute Gasteiger partial charge is 0.336 e. The van der Waals surface area contributed by atoms with Crippen LogP contribution in [0.3, 0.4) is 0 Å². The van der Waals surface area contributed by atoms with E-state index in [1.54, 1.807) is 40.3 Å². The molecule has 1 amide bonds. The molecule has 2 heterocycles. The van der Waals surface area contributed by atoms with Crippen LogP contribution in [0, 0.1) is 0 Å². The standard InChI is InChI=1S/C13H12Cl2N4O/c14-11-2-1-9(7-12(11)15)13(20)18-6-3-10(8-18)19-16-4-5-17-19/h1-2,4-5,7,10H,3,6,8H2. The summed E-state index contributed by atoms with van der Waals surface area (Å²) in [6.07, 6.45) is 4.13. The molecule has 0 N–H and O–H groups in total. The molecule has 20 heavy (non-hydrogen) atoms. The summed E-state index contributed by atoms with van der Waals surface area (Å²) in [5.74, 6) is -0.0433. The van der Waals surface area contributed by atoms with Crippen molar-refractivity contribution in [3.63, 3.8) is 0 Å². The third-order valence-corrected chi connectivity index (χ3v) is 4.12. The molecule has 1 unspecified atom stereocenters. The summed E-state index contributed by atoms with van der Waals surface area (Å²) in [5.41, 5.74) is 0.550. The van der Waals surface area contributed by atoms with Gasteiger partial charge in [-0.25, -0.2) is 0 Å². The van der Waals surface area contributed by atoms with Crippen LogP contribution >= 0.6 is 23.2 Å². The second-order valence-electron chi connectivity index (χ2n) is 4.67. The summed E-state index contributed by atoms with van der Waals surface area (Å²) in [4.78, 5) is 15.8. The molecule has 2 aromatic rings. The van der Waals surface area contributed by atoms with Crippen LogP contribution in [-0.4, -0.2) is 38.9 Å². The molecule has 0 radical (unpaired) electrons. The predicted molar refractivity (Wildman–Crippen MR) is 76.0 cm³/mol. The summed E-state index contributed by atoms with van der Waals surface area (Å²) in [6.45, 7) is 1.29. The Morgan fingerprint density at radius 2 is 1.95 bits per heavy atom. The molecular weight excluding hydrogens is 299 g/mol. The summed E-state index contributed by atoms with van der Waals surface area (Å²) >= 11 is 11.8. The lowest BCUT2D eigenvalue weighted by atomic mass is 10.2.